The van der Waals surface area contributed by atoms with Gasteiger partial charge < -0.3 is 10.1 Å². The molecule has 0 saturated carbocycles. The summed E-state index contributed by atoms with van der Waals surface area (Å²) in [7, 11) is 1.68. The maximum absolute atomic E-state index is 12.1. The average Bonchev–Trinajstić information content (AvgIpc) is 2.47. The molecule has 3 heteroatoms. The highest BCUT2D eigenvalue weighted by atomic mass is 16.5. The molecule has 1 aromatic carbocycles. The van der Waals surface area contributed by atoms with Gasteiger partial charge in [-0.3, -0.25) is 4.79 Å². The summed E-state index contributed by atoms with van der Waals surface area (Å²) in [5.74, 6) is 0.302. The molecular formula is C16H21NO2. The van der Waals surface area contributed by atoms with Crippen molar-refractivity contribution < 1.29 is 9.53 Å². The Morgan fingerprint density at radius 1 is 1.32 bits per heavy atom. The Kier molecular flexibility index (Phi) is 5.16. The van der Waals surface area contributed by atoms with Crippen LogP contribution >= 0.6 is 0 Å². The molecule has 0 radical (unpaired) electrons. The molecule has 1 N–H and O–H groups in total. The van der Waals surface area contributed by atoms with Crippen molar-refractivity contribution in [3.05, 3.63) is 47.5 Å². The van der Waals surface area contributed by atoms with Gasteiger partial charge in [-0.05, 0) is 30.4 Å². The number of allylic oxidation sites excluding steroid dienone is 2. The third-order valence-corrected chi connectivity index (χ3v) is 3.51. The highest BCUT2D eigenvalue weighted by Crippen LogP contribution is 2.18. The van der Waals surface area contributed by atoms with Crippen LogP contribution in [0, 0.1) is 5.92 Å². The quantitative estimate of drug-likeness (QED) is 0.826. The van der Waals surface area contributed by atoms with E-state index in [4.69, 9.17) is 4.74 Å². The highest BCUT2D eigenvalue weighted by molar-refractivity contribution is 5.79. The minimum absolute atomic E-state index is 0.139. The maximum atomic E-state index is 12.1. The van der Waals surface area contributed by atoms with Gasteiger partial charge in [0.15, 0.2) is 0 Å². The second-order valence-electron chi connectivity index (χ2n) is 4.90. The fourth-order valence-electron chi connectivity index (χ4n) is 2.38. The highest BCUT2D eigenvalue weighted by Gasteiger charge is 2.18. The molecule has 0 bridgehead atoms. The van der Waals surface area contributed by atoms with E-state index in [0.29, 0.717) is 13.2 Å². The third kappa shape index (κ3) is 3.93. The van der Waals surface area contributed by atoms with E-state index in [1.165, 1.54) is 0 Å². The number of nitrogens with one attached hydrogen (secondary N) is 1. The first kappa shape index (κ1) is 13.8. The van der Waals surface area contributed by atoms with Gasteiger partial charge in [-0.1, -0.05) is 36.4 Å². The summed E-state index contributed by atoms with van der Waals surface area (Å²) >= 11 is 0. The summed E-state index contributed by atoms with van der Waals surface area (Å²) in [5.41, 5.74) is 2.26. The van der Waals surface area contributed by atoms with Gasteiger partial charge in [0.2, 0.25) is 5.91 Å². The average molecular weight is 259 g/mol. The van der Waals surface area contributed by atoms with Crippen molar-refractivity contribution in [1.29, 1.82) is 0 Å². The summed E-state index contributed by atoms with van der Waals surface area (Å²) in [6, 6.07) is 8.05. The number of rotatable bonds is 5. The van der Waals surface area contributed by atoms with Crippen LogP contribution in [-0.2, 0) is 22.7 Å². The molecule has 1 atom stereocenters. The van der Waals surface area contributed by atoms with Crippen molar-refractivity contribution in [2.24, 2.45) is 5.92 Å². The first-order chi connectivity index (χ1) is 9.31. The lowest BCUT2D eigenvalue weighted by atomic mass is 9.93. The Bertz CT molecular complexity index is 454. The van der Waals surface area contributed by atoms with E-state index >= 15 is 0 Å². The molecule has 2 rings (SSSR count). The zero-order valence-electron chi connectivity index (χ0n) is 11.4. The van der Waals surface area contributed by atoms with E-state index < -0.39 is 0 Å². The fourth-order valence-corrected chi connectivity index (χ4v) is 2.38. The van der Waals surface area contributed by atoms with Crippen LogP contribution in [-0.4, -0.2) is 13.0 Å². The number of carbonyl (C=O) groups excluding carboxylic acids is 1. The van der Waals surface area contributed by atoms with Crippen LogP contribution in [0.4, 0.5) is 0 Å². The van der Waals surface area contributed by atoms with Gasteiger partial charge >= 0.3 is 0 Å². The second kappa shape index (κ2) is 7.10. The number of amides is 1. The molecule has 1 aromatic rings. The summed E-state index contributed by atoms with van der Waals surface area (Å²) < 4.78 is 5.17. The van der Waals surface area contributed by atoms with Crippen molar-refractivity contribution in [3.63, 3.8) is 0 Å². The molecule has 1 aliphatic rings. The van der Waals surface area contributed by atoms with Crippen molar-refractivity contribution in [2.75, 3.05) is 7.11 Å². The van der Waals surface area contributed by atoms with Crippen LogP contribution in [0.3, 0.4) is 0 Å². The van der Waals surface area contributed by atoms with Crippen molar-refractivity contribution in [3.8, 4) is 0 Å². The van der Waals surface area contributed by atoms with E-state index in [1.54, 1.807) is 7.11 Å². The molecule has 102 valence electrons. The number of ether oxygens (including phenoxy) is 1. The monoisotopic (exact) mass is 259 g/mol. The smallest absolute Gasteiger partial charge is 0.223 e. The van der Waals surface area contributed by atoms with Gasteiger partial charge in [0, 0.05) is 19.6 Å². The summed E-state index contributed by atoms with van der Waals surface area (Å²) in [4.78, 5) is 12.1. The predicted molar refractivity (Wildman–Crippen MR) is 75.5 cm³/mol. The third-order valence-electron chi connectivity index (χ3n) is 3.51. The lowest BCUT2D eigenvalue weighted by molar-refractivity contribution is -0.125. The van der Waals surface area contributed by atoms with Gasteiger partial charge in [-0.2, -0.15) is 0 Å². The number of hydrogen-bond acceptors (Lipinski definition) is 2. The van der Waals surface area contributed by atoms with Crippen LogP contribution < -0.4 is 5.32 Å². The molecule has 0 unspecified atom stereocenters. The molecule has 3 nitrogen and oxygen atoms in total. The number of benzene rings is 1. The molecular weight excluding hydrogens is 238 g/mol. The largest absolute Gasteiger partial charge is 0.380 e. The van der Waals surface area contributed by atoms with E-state index in [1.807, 2.05) is 24.3 Å². The molecule has 0 aliphatic heterocycles. The summed E-state index contributed by atoms with van der Waals surface area (Å²) in [5, 5.41) is 3.04. The number of carbonyl (C=O) groups is 1. The van der Waals surface area contributed by atoms with Gasteiger partial charge in [-0.15, -0.1) is 0 Å². The van der Waals surface area contributed by atoms with Gasteiger partial charge in [0.25, 0.3) is 0 Å². The van der Waals surface area contributed by atoms with Crippen molar-refractivity contribution in [2.45, 2.75) is 32.4 Å². The fraction of sp³-hybridized carbons (Fsp3) is 0.438. The molecule has 0 saturated heterocycles. The second-order valence-corrected chi connectivity index (χ2v) is 4.90. The van der Waals surface area contributed by atoms with E-state index in [0.717, 1.165) is 30.4 Å². The Hall–Kier alpha value is -1.61. The minimum Gasteiger partial charge on any atom is -0.380 e. The number of hydrogen-bond donors (Lipinski definition) is 1. The van der Waals surface area contributed by atoms with Crippen molar-refractivity contribution in [1.82, 2.24) is 5.32 Å². The van der Waals surface area contributed by atoms with E-state index in [9.17, 15) is 4.79 Å². The zero-order valence-corrected chi connectivity index (χ0v) is 11.4. The SMILES string of the molecule is COCc1ccccc1CNC(=O)[C@@H]1CC=CCC1. The molecule has 0 spiro atoms. The Labute approximate surface area is 114 Å². The van der Waals surface area contributed by atoms with Gasteiger partial charge in [0.1, 0.15) is 0 Å². The Morgan fingerprint density at radius 2 is 2.11 bits per heavy atom. The zero-order chi connectivity index (χ0) is 13.5. The molecule has 1 aliphatic carbocycles. The van der Waals surface area contributed by atoms with Crippen LogP contribution in [0.2, 0.25) is 0 Å². The van der Waals surface area contributed by atoms with Crippen molar-refractivity contribution >= 4 is 5.91 Å². The first-order valence-electron chi connectivity index (χ1n) is 6.79. The topological polar surface area (TPSA) is 38.3 Å². The predicted octanol–water partition coefficient (Wildman–Crippen LogP) is 2.81. The lowest BCUT2D eigenvalue weighted by Gasteiger charge is -2.18. The summed E-state index contributed by atoms with van der Waals surface area (Å²) in [6.07, 6.45) is 7.09. The van der Waals surface area contributed by atoms with Crippen LogP contribution in [0.15, 0.2) is 36.4 Å². The molecule has 19 heavy (non-hydrogen) atoms. The minimum atomic E-state index is 0.139. The standard InChI is InChI=1S/C16H21NO2/c1-19-12-15-10-6-5-9-14(15)11-17-16(18)13-7-3-2-4-8-13/h2-3,5-6,9-10,13H,4,7-8,11-12H2,1H3,(H,17,18)/t13-/m1/s1. The van der Waals surface area contributed by atoms with Crippen LogP contribution in [0.1, 0.15) is 30.4 Å². The number of methoxy groups -OCH3 is 1. The molecule has 0 fully saturated rings. The van der Waals surface area contributed by atoms with Crippen LogP contribution in [0.5, 0.6) is 0 Å². The first-order valence-corrected chi connectivity index (χ1v) is 6.79. The van der Waals surface area contributed by atoms with E-state index in [-0.39, 0.29) is 11.8 Å². The Morgan fingerprint density at radius 3 is 2.79 bits per heavy atom. The van der Waals surface area contributed by atoms with Gasteiger partial charge in [-0.25, -0.2) is 0 Å². The molecule has 0 aromatic heterocycles. The Balaban J connectivity index is 1.91. The maximum Gasteiger partial charge on any atom is 0.223 e. The molecule has 1 amide bonds. The van der Waals surface area contributed by atoms with Gasteiger partial charge in [0.05, 0.1) is 6.61 Å². The lowest BCUT2D eigenvalue weighted by Crippen LogP contribution is -2.31. The van der Waals surface area contributed by atoms with E-state index in [2.05, 4.69) is 17.5 Å². The summed E-state index contributed by atoms with van der Waals surface area (Å²) in [6.45, 7) is 1.16. The normalized spacial score (nSPS) is 18.3. The van der Waals surface area contributed by atoms with Crippen LogP contribution in [0.25, 0.3) is 0 Å². The molecule has 0 heterocycles.